The number of nitrogens with zero attached hydrogens (tertiary/aromatic N) is 1. The Morgan fingerprint density at radius 3 is 2.93 bits per heavy atom. The van der Waals surface area contributed by atoms with Gasteiger partial charge in [-0.05, 0) is 49.4 Å². The van der Waals surface area contributed by atoms with Gasteiger partial charge in [-0.15, -0.1) is 11.3 Å². The van der Waals surface area contributed by atoms with Gasteiger partial charge in [0.25, 0.3) is 5.56 Å². The summed E-state index contributed by atoms with van der Waals surface area (Å²) in [6.45, 7) is 0. The number of rotatable bonds is 5. The minimum atomic E-state index is -0.463. The van der Waals surface area contributed by atoms with Crippen LogP contribution < -0.4 is 10.9 Å². The van der Waals surface area contributed by atoms with Crippen molar-refractivity contribution in [1.29, 1.82) is 0 Å². The van der Waals surface area contributed by atoms with Crippen molar-refractivity contribution in [3.05, 3.63) is 56.4 Å². The van der Waals surface area contributed by atoms with Gasteiger partial charge < -0.3 is 15.0 Å². The molecule has 0 fully saturated rings. The molecule has 0 aliphatic heterocycles. The van der Waals surface area contributed by atoms with Gasteiger partial charge in [0, 0.05) is 23.4 Å². The summed E-state index contributed by atoms with van der Waals surface area (Å²) >= 11 is 1.60. The Balaban J connectivity index is 1.45. The Hall–Kier alpha value is -3.00. The molecule has 0 saturated heterocycles. The minimum Gasteiger partial charge on any atom is -0.465 e. The van der Waals surface area contributed by atoms with Crippen LogP contribution in [0, 0.1) is 0 Å². The number of anilines is 1. The predicted octanol–water partition coefficient (Wildman–Crippen LogP) is 3.22. The van der Waals surface area contributed by atoms with Crippen molar-refractivity contribution in [3.63, 3.8) is 0 Å². The van der Waals surface area contributed by atoms with Crippen LogP contribution in [-0.4, -0.2) is 29.0 Å². The zero-order chi connectivity index (χ0) is 20.4. The molecular formula is C21H21N3O4S. The van der Waals surface area contributed by atoms with Gasteiger partial charge in [0.05, 0.1) is 18.1 Å². The van der Waals surface area contributed by atoms with E-state index in [1.807, 2.05) is 0 Å². The standard InChI is InChI=1S/C21H21N3O4S/c1-28-21(27)12-5-4-6-13(11-12)22-17(25)10-9-16-23-19(26)18-14-7-2-3-8-15(14)29-20(18)24-16/h4-6,11H,2-3,7-10H2,1H3,(H,22,25)(H,23,24,26). The number of thiophene rings is 1. The zero-order valence-corrected chi connectivity index (χ0v) is 16.9. The number of H-pyrrole nitrogens is 1. The summed E-state index contributed by atoms with van der Waals surface area (Å²) in [4.78, 5) is 45.9. The maximum absolute atomic E-state index is 12.6. The van der Waals surface area contributed by atoms with Crippen LogP contribution in [0.3, 0.4) is 0 Å². The van der Waals surface area contributed by atoms with E-state index in [1.165, 1.54) is 12.0 Å². The quantitative estimate of drug-likeness (QED) is 0.628. The summed E-state index contributed by atoms with van der Waals surface area (Å²) in [6.07, 6.45) is 4.71. The van der Waals surface area contributed by atoms with Gasteiger partial charge in [0.15, 0.2) is 0 Å². The number of benzene rings is 1. The van der Waals surface area contributed by atoms with Gasteiger partial charge >= 0.3 is 5.97 Å². The van der Waals surface area contributed by atoms with Crippen LogP contribution in [0.1, 0.15) is 45.9 Å². The van der Waals surface area contributed by atoms with E-state index >= 15 is 0 Å². The van der Waals surface area contributed by atoms with Crippen LogP contribution in [-0.2, 0) is 28.8 Å². The lowest BCUT2D eigenvalue weighted by Crippen LogP contribution is -2.16. The summed E-state index contributed by atoms with van der Waals surface area (Å²) < 4.78 is 4.69. The molecule has 7 nitrogen and oxygen atoms in total. The molecule has 0 atom stereocenters. The first-order valence-corrected chi connectivity index (χ1v) is 10.4. The van der Waals surface area contributed by atoms with Gasteiger partial charge in [0.2, 0.25) is 5.91 Å². The molecule has 2 N–H and O–H groups in total. The lowest BCUT2D eigenvalue weighted by Gasteiger charge is -2.09. The molecule has 0 unspecified atom stereocenters. The predicted molar refractivity (Wildman–Crippen MR) is 112 cm³/mol. The maximum atomic E-state index is 12.6. The number of carbonyl (C=O) groups excluding carboxylic acids is 2. The second-order valence-corrected chi connectivity index (χ2v) is 8.11. The third-order valence-corrected chi connectivity index (χ3v) is 6.22. The SMILES string of the molecule is COC(=O)c1cccc(NC(=O)CCc2nc3sc4c(c3c(=O)[nH]2)CCCC4)c1. The third-order valence-electron chi connectivity index (χ3n) is 5.03. The Bertz CT molecular complexity index is 1150. The first-order chi connectivity index (χ1) is 14.0. The van der Waals surface area contributed by atoms with E-state index in [-0.39, 0.29) is 17.9 Å². The summed E-state index contributed by atoms with van der Waals surface area (Å²) in [5.41, 5.74) is 1.92. The van der Waals surface area contributed by atoms with Crippen LogP contribution in [0.15, 0.2) is 29.1 Å². The zero-order valence-electron chi connectivity index (χ0n) is 16.0. The van der Waals surface area contributed by atoms with Crippen LogP contribution >= 0.6 is 11.3 Å². The third kappa shape index (κ3) is 4.07. The summed E-state index contributed by atoms with van der Waals surface area (Å²) in [7, 11) is 1.31. The van der Waals surface area contributed by atoms with Gasteiger partial charge in [-0.25, -0.2) is 9.78 Å². The molecule has 1 amide bonds. The second-order valence-electron chi connectivity index (χ2n) is 7.02. The van der Waals surface area contributed by atoms with E-state index in [2.05, 4.69) is 20.0 Å². The number of aromatic amines is 1. The first-order valence-electron chi connectivity index (χ1n) is 9.57. The van der Waals surface area contributed by atoms with Crippen molar-refractivity contribution in [2.75, 3.05) is 12.4 Å². The number of aryl methyl sites for hydroxylation is 3. The fourth-order valence-electron chi connectivity index (χ4n) is 3.62. The van der Waals surface area contributed by atoms with Crippen molar-refractivity contribution in [1.82, 2.24) is 9.97 Å². The molecule has 2 heterocycles. The molecule has 150 valence electrons. The highest BCUT2D eigenvalue weighted by atomic mass is 32.1. The van der Waals surface area contributed by atoms with Gasteiger partial charge in [-0.2, -0.15) is 0 Å². The van der Waals surface area contributed by atoms with Crippen molar-refractivity contribution in [2.45, 2.75) is 38.5 Å². The Morgan fingerprint density at radius 1 is 1.28 bits per heavy atom. The minimum absolute atomic E-state index is 0.115. The Labute approximate surface area is 171 Å². The van der Waals surface area contributed by atoms with Gasteiger partial charge in [0.1, 0.15) is 10.7 Å². The average Bonchev–Trinajstić information content (AvgIpc) is 3.10. The molecule has 0 radical (unpaired) electrons. The maximum Gasteiger partial charge on any atom is 0.337 e. The number of nitrogens with one attached hydrogen (secondary N) is 2. The smallest absolute Gasteiger partial charge is 0.337 e. The normalized spacial score (nSPS) is 13.1. The van der Waals surface area contributed by atoms with Gasteiger partial charge in [-0.3, -0.25) is 9.59 Å². The molecule has 1 aliphatic rings. The molecule has 1 aromatic carbocycles. The fourth-order valence-corrected chi connectivity index (χ4v) is 4.90. The second kappa shape index (κ2) is 8.16. The molecule has 0 spiro atoms. The molecular weight excluding hydrogens is 390 g/mol. The number of ether oxygens (including phenoxy) is 1. The molecule has 1 aliphatic carbocycles. The van der Waals surface area contributed by atoms with E-state index < -0.39 is 5.97 Å². The largest absolute Gasteiger partial charge is 0.465 e. The van der Waals surface area contributed by atoms with Gasteiger partial charge in [-0.1, -0.05) is 6.07 Å². The summed E-state index contributed by atoms with van der Waals surface area (Å²) in [5, 5.41) is 3.48. The highest BCUT2D eigenvalue weighted by Gasteiger charge is 2.20. The number of aromatic nitrogens is 2. The molecule has 29 heavy (non-hydrogen) atoms. The van der Waals surface area contributed by atoms with Crippen molar-refractivity contribution >= 4 is 39.1 Å². The van der Waals surface area contributed by atoms with E-state index in [0.717, 1.165) is 41.5 Å². The summed E-state index contributed by atoms with van der Waals surface area (Å²) in [6, 6.07) is 6.55. The fraction of sp³-hybridized carbons (Fsp3) is 0.333. The van der Waals surface area contributed by atoms with Crippen LogP contribution in [0.5, 0.6) is 0 Å². The van der Waals surface area contributed by atoms with E-state index in [1.54, 1.807) is 35.6 Å². The number of hydrogen-bond donors (Lipinski definition) is 2. The summed E-state index contributed by atoms with van der Waals surface area (Å²) in [5.74, 6) is -0.172. The molecule has 8 heteroatoms. The average molecular weight is 411 g/mol. The van der Waals surface area contributed by atoms with Crippen LogP contribution in [0.2, 0.25) is 0 Å². The Morgan fingerprint density at radius 2 is 2.10 bits per heavy atom. The topological polar surface area (TPSA) is 101 Å². The first kappa shape index (κ1) is 19.3. The van der Waals surface area contributed by atoms with Crippen LogP contribution in [0.4, 0.5) is 5.69 Å². The van der Waals surface area contributed by atoms with E-state index in [9.17, 15) is 14.4 Å². The molecule has 2 aromatic heterocycles. The lowest BCUT2D eigenvalue weighted by molar-refractivity contribution is -0.116. The Kier molecular flexibility index (Phi) is 5.44. The lowest BCUT2D eigenvalue weighted by atomic mass is 9.97. The molecule has 0 bridgehead atoms. The number of amides is 1. The number of methoxy groups -OCH3 is 1. The molecule has 3 aromatic rings. The monoisotopic (exact) mass is 411 g/mol. The number of carbonyl (C=O) groups is 2. The van der Waals surface area contributed by atoms with Crippen molar-refractivity contribution < 1.29 is 14.3 Å². The van der Waals surface area contributed by atoms with E-state index in [4.69, 9.17) is 0 Å². The van der Waals surface area contributed by atoms with Crippen LogP contribution in [0.25, 0.3) is 10.2 Å². The van der Waals surface area contributed by atoms with Crippen molar-refractivity contribution in [3.8, 4) is 0 Å². The highest BCUT2D eigenvalue weighted by molar-refractivity contribution is 7.18. The number of hydrogen-bond acceptors (Lipinski definition) is 6. The highest BCUT2D eigenvalue weighted by Crippen LogP contribution is 2.33. The molecule has 4 rings (SSSR count). The number of fused-ring (bicyclic) bond motifs is 3. The molecule has 0 saturated carbocycles. The number of esters is 1. The van der Waals surface area contributed by atoms with E-state index in [0.29, 0.717) is 23.5 Å². The van der Waals surface area contributed by atoms with Crippen molar-refractivity contribution in [2.24, 2.45) is 0 Å².